The Morgan fingerprint density at radius 1 is 1.29 bits per heavy atom. The molecule has 1 aliphatic heterocycles. The number of rotatable bonds is 6. The molecule has 0 aromatic heterocycles. The highest BCUT2D eigenvalue weighted by Gasteiger charge is 2.41. The van der Waals surface area contributed by atoms with Gasteiger partial charge in [-0.05, 0) is 36.8 Å². The lowest BCUT2D eigenvalue weighted by molar-refractivity contribution is -0.140. The molecule has 1 saturated heterocycles. The second-order valence-electron chi connectivity index (χ2n) is 8.84. The van der Waals surface area contributed by atoms with Crippen molar-refractivity contribution in [2.45, 2.75) is 50.6 Å². The number of aliphatic hydroxyl groups is 1. The van der Waals surface area contributed by atoms with Gasteiger partial charge in [-0.1, -0.05) is 30.7 Å². The third-order valence-electron chi connectivity index (χ3n) is 6.99. The van der Waals surface area contributed by atoms with Gasteiger partial charge in [0.15, 0.2) is 0 Å². The molecule has 1 atom stereocenters. The molecule has 2 N–H and O–H groups in total. The van der Waals surface area contributed by atoms with Gasteiger partial charge in [0.25, 0.3) is 0 Å². The first kappa shape index (κ1) is 19.4. The fourth-order valence-electron chi connectivity index (χ4n) is 5.11. The van der Waals surface area contributed by atoms with Crippen molar-refractivity contribution in [2.24, 2.45) is 5.41 Å². The molecule has 1 aromatic carbocycles. The van der Waals surface area contributed by atoms with E-state index in [1.807, 2.05) is 0 Å². The maximum absolute atomic E-state index is 12.9. The van der Waals surface area contributed by atoms with E-state index >= 15 is 0 Å². The summed E-state index contributed by atoms with van der Waals surface area (Å²) in [5, 5.41) is 12.6. The van der Waals surface area contributed by atoms with Crippen LogP contribution in [0.3, 0.4) is 0 Å². The largest absolute Gasteiger partial charge is 0.396 e. The van der Waals surface area contributed by atoms with E-state index in [-0.39, 0.29) is 36.3 Å². The van der Waals surface area contributed by atoms with E-state index < -0.39 is 6.04 Å². The van der Waals surface area contributed by atoms with Gasteiger partial charge < -0.3 is 15.3 Å². The molecule has 4 rings (SSSR count). The van der Waals surface area contributed by atoms with Crippen LogP contribution in [0.25, 0.3) is 0 Å². The van der Waals surface area contributed by atoms with Gasteiger partial charge in [-0.15, -0.1) is 0 Å². The van der Waals surface area contributed by atoms with Crippen LogP contribution >= 0.6 is 0 Å². The van der Waals surface area contributed by atoms with Crippen LogP contribution in [0.2, 0.25) is 0 Å². The highest BCUT2D eigenvalue weighted by Crippen LogP contribution is 2.41. The summed E-state index contributed by atoms with van der Waals surface area (Å²) in [4.78, 5) is 29.5. The first-order valence-electron chi connectivity index (χ1n) is 10.5. The predicted octanol–water partition coefficient (Wildman–Crippen LogP) is 0.965. The lowest BCUT2D eigenvalue weighted by atomic mass is 9.69. The van der Waals surface area contributed by atoms with Crippen molar-refractivity contribution in [3.63, 3.8) is 0 Å². The number of aliphatic hydroxyl groups excluding tert-OH is 1. The minimum Gasteiger partial charge on any atom is -0.396 e. The fraction of sp³-hybridized carbons (Fsp3) is 0.636. The SMILES string of the molecule is CN(CC1(CO)CCC1)C(=O)C[C@H]1C(=O)NCCN1C1Cc2ccccc2C1. The number of benzene rings is 1. The van der Waals surface area contributed by atoms with Gasteiger partial charge >= 0.3 is 0 Å². The zero-order chi connectivity index (χ0) is 19.7. The summed E-state index contributed by atoms with van der Waals surface area (Å²) in [5.74, 6) is -0.0493. The van der Waals surface area contributed by atoms with Gasteiger partial charge in [-0.3, -0.25) is 14.5 Å². The van der Waals surface area contributed by atoms with Crippen LogP contribution < -0.4 is 5.32 Å². The molecular weight excluding hydrogens is 354 g/mol. The molecule has 6 heteroatoms. The predicted molar refractivity (Wildman–Crippen MR) is 107 cm³/mol. The van der Waals surface area contributed by atoms with Crippen LogP contribution in [0.1, 0.15) is 36.8 Å². The number of nitrogens with one attached hydrogen (secondary N) is 1. The number of carbonyl (C=O) groups is 2. The van der Waals surface area contributed by atoms with Crippen LogP contribution in [-0.4, -0.2) is 72.1 Å². The Hall–Kier alpha value is -1.92. The average molecular weight is 386 g/mol. The van der Waals surface area contributed by atoms with Crippen molar-refractivity contribution in [3.05, 3.63) is 35.4 Å². The van der Waals surface area contributed by atoms with Crippen LogP contribution in [0.15, 0.2) is 24.3 Å². The maximum Gasteiger partial charge on any atom is 0.237 e. The van der Waals surface area contributed by atoms with Crippen molar-refractivity contribution in [2.75, 3.05) is 33.3 Å². The number of piperazine rings is 1. The normalized spacial score (nSPS) is 24.4. The lowest BCUT2D eigenvalue weighted by Gasteiger charge is -2.43. The summed E-state index contributed by atoms with van der Waals surface area (Å²) in [6.07, 6.45) is 5.14. The Balaban J connectivity index is 1.42. The zero-order valence-electron chi connectivity index (χ0n) is 16.7. The first-order chi connectivity index (χ1) is 13.5. The van der Waals surface area contributed by atoms with Gasteiger partial charge in [0.2, 0.25) is 11.8 Å². The van der Waals surface area contributed by atoms with E-state index in [4.69, 9.17) is 0 Å². The van der Waals surface area contributed by atoms with Gasteiger partial charge in [0.1, 0.15) is 0 Å². The van der Waals surface area contributed by atoms with Crippen molar-refractivity contribution in [1.82, 2.24) is 15.1 Å². The van der Waals surface area contributed by atoms with E-state index in [2.05, 4.69) is 34.5 Å². The second kappa shape index (κ2) is 7.84. The molecule has 1 aromatic rings. The Kier molecular flexibility index (Phi) is 5.43. The molecule has 1 heterocycles. The molecule has 3 aliphatic rings. The minimum absolute atomic E-state index is 0.0118. The Bertz CT molecular complexity index is 716. The van der Waals surface area contributed by atoms with E-state index in [1.54, 1.807) is 11.9 Å². The number of fused-ring (bicyclic) bond motifs is 1. The Morgan fingerprint density at radius 3 is 2.54 bits per heavy atom. The molecule has 2 aliphatic carbocycles. The van der Waals surface area contributed by atoms with Gasteiger partial charge in [-0.25, -0.2) is 0 Å². The molecule has 0 bridgehead atoms. The molecule has 0 unspecified atom stereocenters. The Labute approximate surface area is 166 Å². The van der Waals surface area contributed by atoms with E-state index in [0.717, 1.165) is 38.6 Å². The van der Waals surface area contributed by atoms with Crippen LogP contribution in [-0.2, 0) is 22.4 Å². The summed E-state index contributed by atoms with van der Waals surface area (Å²) in [6.45, 7) is 2.12. The number of carbonyl (C=O) groups excluding carboxylic acids is 2. The van der Waals surface area contributed by atoms with E-state index in [0.29, 0.717) is 13.1 Å². The van der Waals surface area contributed by atoms with Crippen molar-refractivity contribution >= 4 is 11.8 Å². The number of amides is 2. The highest BCUT2D eigenvalue weighted by molar-refractivity contribution is 5.88. The maximum atomic E-state index is 12.9. The second-order valence-corrected chi connectivity index (χ2v) is 8.84. The van der Waals surface area contributed by atoms with Gasteiger partial charge in [0.05, 0.1) is 19.1 Å². The minimum atomic E-state index is -0.408. The topological polar surface area (TPSA) is 72.9 Å². The molecular formula is C22H31N3O3. The molecule has 1 saturated carbocycles. The summed E-state index contributed by atoms with van der Waals surface area (Å²) in [7, 11) is 1.80. The number of hydrogen-bond donors (Lipinski definition) is 2. The van der Waals surface area contributed by atoms with Gasteiger partial charge in [-0.2, -0.15) is 0 Å². The zero-order valence-corrected chi connectivity index (χ0v) is 16.7. The summed E-state index contributed by atoms with van der Waals surface area (Å²) in [5.41, 5.74) is 2.58. The number of nitrogens with zero attached hydrogens (tertiary/aromatic N) is 2. The van der Waals surface area contributed by atoms with E-state index in [9.17, 15) is 14.7 Å². The fourth-order valence-corrected chi connectivity index (χ4v) is 5.11. The molecule has 2 amide bonds. The summed E-state index contributed by atoms with van der Waals surface area (Å²) >= 11 is 0. The summed E-state index contributed by atoms with van der Waals surface area (Å²) < 4.78 is 0. The third-order valence-corrected chi connectivity index (χ3v) is 6.99. The van der Waals surface area contributed by atoms with Crippen molar-refractivity contribution < 1.29 is 14.7 Å². The Morgan fingerprint density at radius 2 is 1.96 bits per heavy atom. The lowest BCUT2D eigenvalue weighted by Crippen LogP contribution is -2.60. The average Bonchev–Trinajstić information content (AvgIpc) is 3.10. The summed E-state index contributed by atoms with van der Waals surface area (Å²) in [6, 6.07) is 8.34. The molecule has 0 spiro atoms. The van der Waals surface area contributed by atoms with Crippen LogP contribution in [0.4, 0.5) is 0 Å². The quantitative estimate of drug-likeness (QED) is 0.765. The first-order valence-corrected chi connectivity index (χ1v) is 10.5. The molecule has 6 nitrogen and oxygen atoms in total. The highest BCUT2D eigenvalue weighted by atomic mass is 16.3. The van der Waals surface area contributed by atoms with Crippen molar-refractivity contribution in [3.8, 4) is 0 Å². The third kappa shape index (κ3) is 3.67. The molecule has 28 heavy (non-hydrogen) atoms. The van der Waals surface area contributed by atoms with Crippen LogP contribution in [0, 0.1) is 5.41 Å². The van der Waals surface area contributed by atoms with E-state index in [1.165, 1.54) is 11.1 Å². The molecule has 0 radical (unpaired) electrons. The van der Waals surface area contributed by atoms with Gasteiger partial charge in [0, 0.05) is 38.1 Å². The smallest absolute Gasteiger partial charge is 0.237 e. The molecule has 2 fully saturated rings. The monoisotopic (exact) mass is 385 g/mol. The standard InChI is InChI=1S/C22H31N3O3/c1-24(14-22(15-26)7-4-8-22)20(27)13-19-21(28)23-9-10-25(19)18-11-16-5-2-3-6-17(16)12-18/h2-3,5-6,18-19,26H,4,7-15H2,1H3,(H,23,28)/t19-/m0/s1. The molecule has 152 valence electrons. The van der Waals surface area contributed by atoms with Crippen molar-refractivity contribution in [1.29, 1.82) is 0 Å². The van der Waals surface area contributed by atoms with Crippen LogP contribution in [0.5, 0.6) is 0 Å². The number of hydrogen-bond acceptors (Lipinski definition) is 4.